The lowest BCUT2D eigenvalue weighted by molar-refractivity contribution is -0.116. The summed E-state index contributed by atoms with van der Waals surface area (Å²) in [6.07, 6.45) is 7.65. The van der Waals surface area contributed by atoms with Crippen molar-refractivity contribution in [2.75, 3.05) is 5.32 Å². The summed E-state index contributed by atoms with van der Waals surface area (Å²) < 4.78 is 3.86. The van der Waals surface area contributed by atoms with Crippen LogP contribution in [0.25, 0.3) is 10.9 Å². The lowest BCUT2D eigenvalue weighted by Gasteiger charge is -2.09. The van der Waals surface area contributed by atoms with E-state index in [4.69, 9.17) is 0 Å². The molecule has 0 fully saturated rings. The summed E-state index contributed by atoms with van der Waals surface area (Å²) in [6.45, 7) is 1.27. The highest BCUT2D eigenvalue weighted by Gasteiger charge is 2.07. The molecule has 26 heavy (non-hydrogen) atoms. The number of anilines is 1. The van der Waals surface area contributed by atoms with Crippen molar-refractivity contribution in [1.82, 2.24) is 19.3 Å². The van der Waals surface area contributed by atoms with E-state index in [1.807, 2.05) is 70.2 Å². The molecule has 6 nitrogen and oxygen atoms in total. The number of fused-ring (bicyclic) bond motifs is 1. The molecule has 1 amide bonds. The summed E-state index contributed by atoms with van der Waals surface area (Å²) in [7, 11) is 0. The Labute approximate surface area is 151 Å². The first-order valence-corrected chi connectivity index (χ1v) is 8.53. The van der Waals surface area contributed by atoms with Crippen LogP contribution in [0.15, 0.2) is 73.4 Å². The van der Waals surface area contributed by atoms with E-state index in [0.29, 0.717) is 13.0 Å². The van der Waals surface area contributed by atoms with Crippen LogP contribution in [0.5, 0.6) is 0 Å². The van der Waals surface area contributed by atoms with Gasteiger partial charge in [0.25, 0.3) is 0 Å². The van der Waals surface area contributed by atoms with Crippen molar-refractivity contribution in [3.05, 3.63) is 79.0 Å². The second-order valence-electron chi connectivity index (χ2n) is 6.16. The van der Waals surface area contributed by atoms with Crippen LogP contribution in [-0.4, -0.2) is 25.2 Å². The summed E-state index contributed by atoms with van der Waals surface area (Å²) in [4.78, 5) is 16.3. The first-order chi connectivity index (χ1) is 12.8. The Hall–Kier alpha value is -3.41. The number of aromatic nitrogens is 4. The number of hydrogen-bond acceptors (Lipinski definition) is 3. The van der Waals surface area contributed by atoms with Gasteiger partial charge in [-0.1, -0.05) is 30.3 Å². The highest BCUT2D eigenvalue weighted by atomic mass is 16.1. The topological polar surface area (TPSA) is 64.7 Å². The molecule has 0 saturated heterocycles. The number of aryl methyl sites for hydroxylation is 1. The zero-order valence-corrected chi connectivity index (χ0v) is 14.2. The van der Waals surface area contributed by atoms with Gasteiger partial charge >= 0.3 is 0 Å². The van der Waals surface area contributed by atoms with Crippen molar-refractivity contribution in [2.24, 2.45) is 0 Å². The smallest absolute Gasteiger partial charge is 0.226 e. The van der Waals surface area contributed by atoms with Gasteiger partial charge in [-0.2, -0.15) is 5.10 Å². The number of nitrogens with one attached hydrogen (secondary N) is 1. The van der Waals surface area contributed by atoms with Crippen molar-refractivity contribution in [3.63, 3.8) is 0 Å². The zero-order valence-electron chi connectivity index (χ0n) is 14.2. The molecular formula is C20H19N5O. The third-order valence-corrected chi connectivity index (χ3v) is 4.24. The van der Waals surface area contributed by atoms with E-state index >= 15 is 0 Å². The normalized spacial score (nSPS) is 10.9. The Morgan fingerprint density at radius 2 is 2.04 bits per heavy atom. The summed E-state index contributed by atoms with van der Waals surface area (Å²) >= 11 is 0. The zero-order chi connectivity index (χ0) is 17.8. The van der Waals surface area contributed by atoms with Crippen LogP contribution in [-0.2, 0) is 17.9 Å². The van der Waals surface area contributed by atoms with Crippen LogP contribution in [0, 0.1) is 0 Å². The van der Waals surface area contributed by atoms with Gasteiger partial charge in [-0.3, -0.25) is 9.48 Å². The average Bonchev–Trinajstić information content (AvgIpc) is 3.30. The van der Waals surface area contributed by atoms with Crippen LogP contribution in [0.3, 0.4) is 0 Å². The first kappa shape index (κ1) is 16.1. The van der Waals surface area contributed by atoms with Gasteiger partial charge in [0.2, 0.25) is 5.91 Å². The molecule has 0 aliphatic heterocycles. The minimum Gasteiger partial charge on any atom is -0.333 e. The number of para-hydroxylation sites is 1. The fraction of sp³-hybridized carbons (Fsp3) is 0.150. The highest BCUT2D eigenvalue weighted by molar-refractivity contribution is 5.90. The molecule has 0 saturated carbocycles. The Morgan fingerprint density at radius 3 is 2.92 bits per heavy atom. The molecule has 4 rings (SSSR count). The van der Waals surface area contributed by atoms with Crippen LogP contribution >= 0.6 is 0 Å². The maximum absolute atomic E-state index is 12.3. The number of carbonyl (C=O) groups excluding carboxylic acids is 1. The maximum Gasteiger partial charge on any atom is 0.226 e. The van der Waals surface area contributed by atoms with E-state index in [9.17, 15) is 4.79 Å². The molecule has 0 aliphatic carbocycles. The summed E-state index contributed by atoms with van der Waals surface area (Å²) in [5.74, 6) is -0.0237. The number of rotatable bonds is 6. The van der Waals surface area contributed by atoms with Crippen molar-refractivity contribution in [2.45, 2.75) is 19.5 Å². The summed E-state index contributed by atoms with van der Waals surface area (Å²) in [5.41, 5.74) is 2.96. The van der Waals surface area contributed by atoms with Gasteiger partial charge in [0.05, 0.1) is 24.6 Å². The van der Waals surface area contributed by atoms with Crippen LogP contribution in [0.1, 0.15) is 12.0 Å². The number of benzene rings is 2. The molecule has 0 unspecified atom stereocenters. The molecule has 2 aromatic carbocycles. The van der Waals surface area contributed by atoms with Crippen molar-refractivity contribution >= 4 is 22.5 Å². The molecule has 0 aliphatic rings. The van der Waals surface area contributed by atoms with E-state index in [1.165, 1.54) is 0 Å². The lowest BCUT2D eigenvalue weighted by Crippen LogP contribution is -2.15. The van der Waals surface area contributed by atoms with Crippen molar-refractivity contribution in [3.8, 4) is 0 Å². The monoisotopic (exact) mass is 345 g/mol. The predicted molar refractivity (Wildman–Crippen MR) is 101 cm³/mol. The van der Waals surface area contributed by atoms with Crippen LogP contribution in [0.2, 0.25) is 0 Å². The largest absolute Gasteiger partial charge is 0.333 e. The molecule has 0 atom stereocenters. The van der Waals surface area contributed by atoms with Gasteiger partial charge in [-0.15, -0.1) is 0 Å². The Kier molecular flexibility index (Phi) is 4.47. The number of nitrogens with zero attached hydrogens (tertiary/aromatic N) is 4. The second-order valence-corrected chi connectivity index (χ2v) is 6.16. The van der Waals surface area contributed by atoms with E-state index < -0.39 is 0 Å². The Morgan fingerprint density at radius 1 is 1.12 bits per heavy atom. The van der Waals surface area contributed by atoms with Crippen LogP contribution < -0.4 is 5.32 Å². The standard InChI is InChI=1S/C20H19N5O/c26-20(8-10-25-19-7-2-1-5-17(19)13-22-25)23-18-6-3-4-16(12-18)14-24-11-9-21-15-24/h1-7,9,11-13,15H,8,10,14H2,(H,23,26). The molecule has 6 heteroatoms. The summed E-state index contributed by atoms with van der Waals surface area (Å²) in [5, 5.41) is 8.41. The van der Waals surface area contributed by atoms with Gasteiger partial charge in [-0.05, 0) is 23.8 Å². The van der Waals surface area contributed by atoms with E-state index in [1.54, 1.807) is 12.5 Å². The van der Waals surface area contributed by atoms with E-state index in [0.717, 1.165) is 28.7 Å². The third kappa shape index (κ3) is 3.64. The highest BCUT2D eigenvalue weighted by Crippen LogP contribution is 2.14. The van der Waals surface area contributed by atoms with Gasteiger partial charge in [0, 0.05) is 36.4 Å². The molecule has 0 bridgehead atoms. The summed E-state index contributed by atoms with van der Waals surface area (Å²) in [6, 6.07) is 15.9. The molecular weight excluding hydrogens is 326 g/mol. The van der Waals surface area contributed by atoms with E-state index in [2.05, 4.69) is 15.4 Å². The van der Waals surface area contributed by atoms with Crippen molar-refractivity contribution < 1.29 is 4.79 Å². The molecule has 4 aromatic rings. The molecule has 2 heterocycles. The third-order valence-electron chi connectivity index (χ3n) is 4.24. The quantitative estimate of drug-likeness (QED) is 0.583. The molecule has 0 radical (unpaired) electrons. The number of carbonyl (C=O) groups is 1. The Balaban J connectivity index is 1.37. The SMILES string of the molecule is O=C(CCn1ncc2ccccc21)Nc1cccc(Cn2ccnc2)c1. The predicted octanol–water partition coefficient (Wildman–Crippen LogP) is 3.31. The van der Waals surface area contributed by atoms with Gasteiger partial charge in [0.15, 0.2) is 0 Å². The molecule has 130 valence electrons. The fourth-order valence-electron chi connectivity index (χ4n) is 2.97. The first-order valence-electron chi connectivity index (χ1n) is 8.53. The average molecular weight is 345 g/mol. The fourth-order valence-corrected chi connectivity index (χ4v) is 2.97. The minimum atomic E-state index is -0.0237. The van der Waals surface area contributed by atoms with E-state index in [-0.39, 0.29) is 5.91 Å². The maximum atomic E-state index is 12.3. The lowest BCUT2D eigenvalue weighted by atomic mass is 10.2. The number of hydrogen-bond donors (Lipinski definition) is 1. The number of imidazole rings is 1. The van der Waals surface area contributed by atoms with Crippen LogP contribution in [0.4, 0.5) is 5.69 Å². The molecule has 1 N–H and O–H groups in total. The van der Waals surface area contributed by atoms with Gasteiger partial charge < -0.3 is 9.88 Å². The molecule has 0 spiro atoms. The molecule has 2 aromatic heterocycles. The van der Waals surface area contributed by atoms with Gasteiger partial charge in [-0.25, -0.2) is 4.98 Å². The minimum absolute atomic E-state index is 0.0237. The van der Waals surface area contributed by atoms with Crippen molar-refractivity contribution in [1.29, 1.82) is 0 Å². The van der Waals surface area contributed by atoms with Gasteiger partial charge in [0.1, 0.15) is 0 Å². The number of amides is 1. The second kappa shape index (κ2) is 7.23. The Bertz CT molecular complexity index is 1020.